The highest BCUT2D eigenvalue weighted by atomic mass is 79.9. The monoisotopic (exact) mass is 377 g/mol. The van der Waals surface area contributed by atoms with Crippen LogP contribution in [0.25, 0.3) is 0 Å². The van der Waals surface area contributed by atoms with Gasteiger partial charge in [0.15, 0.2) is 0 Å². The first-order chi connectivity index (χ1) is 11.1. The van der Waals surface area contributed by atoms with Crippen molar-refractivity contribution in [2.24, 2.45) is 0 Å². The molecule has 0 atom stereocenters. The van der Waals surface area contributed by atoms with Gasteiger partial charge in [-0.25, -0.2) is 0 Å². The van der Waals surface area contributed by atoms with E-state index in [0.717, 1.165) is 0 Å². The molecule has 0 aromatic heterocycles. The standard InChI is InChI=1S/C16H16BrN3O3/c1-23-14-9-5-4-8-13(14)18-10-15(21)19-20-16(22)11-6-2-3-7-12(11)17/h2-9,18H,10H2,1H3,(H,19,21)(H,20,22). The van der Waals surface area contributed by atoms with Crippen molar-refractivity contribution in [1.29, 1.82) is 0 Å². The molecule has 0 aliphatic heterocycles. The van der Waals surface area contributed by atoms with Crippen molar-refractivity contribution in [1.82, 2.24) is 10.9 Å². The summed E-state index contributed by atoms with van der Waals surface area (Å²) in [5.41, 5.74) is 5.85. The lowest BCUT2D eigenvalue weighted by Crippen LogP contribution is -2.44. The number of carbonyl (C=O) groups is 2. The van der Waals surface area contributed by atoms with Gasteiger partial charge in [-0.05, 0) is 40.2 Å². The molecule has 0 bridgehead atoms. The van der Waals surface area contributed by atoms with Crippen LogP contribution in [0, 0.1) is 0 Å². The van der Waals surface area contributed by atoms with Crippen molar-refractivity contribution in [3.8, 4) is 5.75 Å². The first-order valence-electron chi connectivity index (χ1n) is 6.82. The van der Waals surface area contributed by atoms with Crippen molar-refractivity contribution < 1.29 is 14.3 Å². The van der Waals surface area contributed by atoms with Gasteiger partial charge in [0.25, 0.3) is 11.8 Å². The summed E-state index contributed by atoms with van der Waals surface area (Å²) in [7, 11) is 1.55. The molecule has 0 fully saturated rings. The molecule has 2 amide bonds. The van der Waals surface area contributed by atoms with Gasteiger partial charge in [0.05, 0.1) is 24.9 Å². The summed E-state index contributed by atoms with van der Waals surface area (Å²) in [4.78, 5) is 23.7. The average molecular weight is 378 g/mol. The van der Waals surface area contributed by atoms with E-state index in [1.807, 2.05) is 12.1 Å². The average Bonchev–Trinajstić information content (AvgIpc) is 2.58. The van der Waals surface area contributed by atoms with Gasteiger partial charge in [0.2, 0.25) is 0 Å². The predicted octanol–water partition coefficient (Wildman–Crippen LogP) is 2.33. The summed E-state index contributed by atoms with van der Waals surface area (Å²) >= 11 is 3.28. The molecule has 0 aliphatic carbocycles. The molecule has 7 heteroatoms. The van der Waals surface area contributed by atoms with Crippen molar-refractivity contribution in [3.05, 3.63) is 58.6 Å². The zero-order valence-corrected chi connectivity index (χ0v) is 14.0. The molecule has 2 rings (SSSR count). The molecule has 0 radical (unpaired) electrons. The molecule has 2 aromatic carbocycles. The molecular weight excluding hydrogens is 362 g/mol. The summed E-state index contributed by atoms with van der Waals surface area (Å²) in [6.07, 6.45) is 0. The number of nitrogens with one attached hydrogen (secondary N) is 3. The highest BCUT2D eigenvalue weighted by Crippen LogP contribution is 2.22. The normalized spacial score (nSPS) is 9.83. The van der Waals surface area contributed by atoms with Crippen LogP contribution in [-0.2, 0) is 4.79 Å². The fourth-order valence-electron chi connectivity index (χ4n) is 1.85. The second kappa shape index (κ2) is 8.19. The second-order valence-electron chi connectivity index (χ2n) is 4.54. The van der Waals surface area contributed by atoms with E-state index in [9.17, 15) is 9.59 Å². The molecule has 0 unspecified atom stereocenters. The van der Waals surface area contributed by atoms with Gasteiger partial charge in [-0.15, -0.1) is 0 Å². The largest absolute Gasteiger partial charge is 0.495 e. The fourth-order valence-corrected chi connectivity index (χ4v) is 2.31. The van der Waals surface area contributed by atoms with E-state index < -0.39 is 5.91 Å². The van der Waals surface area contributed by atoms with Crippen molar-refractivity contribution in [2.45, 2.75) is 0 Å². The van der Waals surface area contributed by atoms with Gasteiger partial charge in [-0.2, -0.15) is 0 Å². The Labute approximate surface area is 142 Å². The Hall–Kier alpha value is -2.54. The van der Waals surface area contributed by atoms with Crippen LogP contribution in [0.5, 0.6) is 5.75 Å². The summed E-state index contributed by atoms with van der Waals surface area (Å²) in [5.74, 6) is -0.142. The van der Waals surface area contributed by atoms with Gasteiger partial charge in [0.1, 0.15) is 5.75 Å². The van der Waals surface area contributed by atoms with E-state index in [-0.39, 0.29) is 12.5 Å². The van der Waals surface area contributed by atoms with Gasteiger partial charge in [-0.3, -0.25) is 20.4 Å². The minimum Gasteiger partial charge on any atom is -0.495 e. The third-order valence-corrected chi connectivity index (χ3v) is 3.67. The molecular formula is C16H16BrN3O3. The van der Waals surface area contributed by atoms with Gasteiger partial charge < -0.3 is 10.1 Å². The summed E-state index contributed by atoms with van der Waals surface area (Å²) in [5, 5.41) is 2.94. The number of benzene rings is 2. The maximum absolute atomic E-state index is 11.9. The minimum absolute atomic E-state index is 0.00336. The molecule has 0 saturated heterocycles. The Bertz CT molecular complexity index is 706. The van der Waals surface area contributed by atoms with E-state index in [1.54, 1.807) is 43.5 Å². The third-order valence-electron chi connectivity index (χ3n) is 2.98. The lowest BCUT2D eigenvalue weighted by atomic mass is 10.2. The topological polar surface area (TPSA) is 79.5 Å². The molecule has 6 nitrogen and oxygen atoms in total. The van der Waals surface area contributed by atoms with E-state index in [2.05, 4.69) is 32.1 Å². The Morgan fingerprint density at radius 3 is 2.48 bits per heavy atom. The molecule has 120 valence electrons. The number of rotatable bonds is 5. The van der Waals surface area contributed by atoms with Crippen molar-refractivity contribution >= 4 is 33.4 Å². The molecule has 0 saturated carbocycles. The Balaban J connectivity index is 1.84. The number of carbonyl (C=O) groups excluding carboxylic acids is 2. The Morgan fingerprint density at radius 1 is 1.04 bits per heavy atom. The SMILES string of the molecule is COc1ccccc1NCC(=O)NNC(=O)c1ccccc1Br. The van der Waals surface area contributed by atoms with Gasteiger partial charge in [-0.1, -0.05) is 24.3 Å². The van der Waals surface area contributed by atoms with Crippen molar-refractivity contribution in [2.75, 3.05) is 19.0 Å². The Kier molecular flexibility index (Phi) is 5.99. The zero-order valence-electron chi connectivity index (χ0n) is 12.4. The maximum Gasteiger partial charge on any atom is 0.270 e. The summed E-state index contributed by atoms with van der Waals surface area (Å²) in [6.45, 7) is -0.00336. The summed E-state index contributed by atoms with van der Waals surface area (Å²) in [6, 6.07) is 14.2. The van der Waals surface area contributed by atoms with E-state index in [4.69, 9.17) is 4.74 Å². The highest BCUT2D eigenvalue weighted by molar-refractivity contribution is 9.10. The van der Waals surface area contributed by atoms with Crippen LogP contribution < -0.4 is 20.9 Å². The number of methoxy groups -OCH3 is 1. The van der Waals surface area contributed by atoms with Crippen LogP contribution >= 0.6 is 15.9 Å². The zero-order chi connectivity index (χ0) is 16.7. The van der Waals surface area contributed by atoms with Crippen molar-refractivity contribution in [3.63, 3.8) is 0 Å². The molecule has 0 spiro atoms. The number of ether oxygens (including phenoxy) is 1. The number of halogens is 1. The van der Waals surface area contributed by atoms with Crippen LogP contribution in [0.2, 0.25) is 0 Å². The molecule has 0 heterocycles. The number of anilines is 1. The third kappa shape index (κ3) is 4.72. The number of amides is 2. The van der Waals surface area contributed by atoms with Crippen LogP contribution in [0.3, 0.4) is 0 Å². The molecule has 0 aliphatic rings. The van der Waals surface area contributed by atoms with E-state index in [1.165, 1.54) is 0 Å². The van der Waals surface area contributed by atoms with Gasteiger partial charge >= 0.3 is 0 Å². The lowest BCUT2D eigenvalue weighted by Gasteiger charge is -2.12. The first-order valence-corrected chi connectivity index (χ1v) is 7.61. The smallest absolute Gasteiger partial charge is 0.270 e. The lowest BCUT2D eigenvalue weighted by molar-refractivity contribution is -0.120. The van der Waals surface area contributed by atoms with Crippen LogP contribution in [0.15, 0.2) is 53.0 Å². The van der Waals surface area contributed by atoms with Crippen LogP contribution in [0.4, 0.5) is 5.69 Å². The number of para-hydroxylation sites is 2. The molecule has 2 aromatic rings. The van der Waals surface area contributed by atoms with Gasteiger partial charge in [0, 0.05) is 4.47 Å². The summed E-state index contributed by atoms with van der Waals surface area (Å²) < 4.78 is 5.83. The highest BCUT2D eigenvalue weighted by Gasteiger charge is 2.10. The first kappa shape index (κ1) is 16.8. The van der Waals surface area contributed by atoms with Crippen LogP contribution in [0.1, 0.15) is 10.4 Å². The molecule has 3 N–H and O–H groups in total. The number of hydrogen-bond donors (Lipinski definition) is 3. The number of hydrogen-bond acceptors (Lipinski definition) is 4. The maximum atomic E-state index is 11.9. The van der Waals surface area contributed by atoms with E-state index >= 15 is 0 Å². The quantitative estimate of drug-likeness (QED) is 0.698. The number of hydrazine groups is 1. The molecule has 23 heavy (non-hydrogen) atoms. The fraction of sp³-hybridized carbons (Fsp3) is 0.125. The minimum atomic E-state index is -0.400. The van der Waals surface area contributed by atoms with E-state index in [0.29, 0.717) is 21.5 Å². The predicted molar refractivity (Wildman–Crippen MR) is 91.2 cm³/mol. The Morgan fingerprint density at radius 2 is 1.74 bits per heavy atom. The second-order valence-corrected chi connectivity index (χ2v) is 5.39. The van der Waals surface area contributed by atoms with Crippen LogP contribution in [-0.4, -0.2) is 25.5 Å².